The molecule has 0 aliphatic carbocycles. The van der Waals surface area contributed by atoms with E-state index in [0.29, 0.717) is 6.42 Å². The van der Waals surface area contributed by atoms with E-state index in [2.05, 4.69) is 67.8 Å². The van der Waals surface area contributed by atoms with Gasteiger partial charge in [-0.05, 0) is 77.0 Å². The van der Waals surface area contributed by atoms with Crippen molar-refractivity contribution in [2.24, 2.45) is 0 Å². The molecule has 0 aromatic rings. The van der Waals surface area contributed by atoms with E-state index < -0.39 is 49.5 Å². The molecule has 1 saturated heterocycles. The van der Waals surface area contributed by atoms with E-state index >= 15 is 0 Å². The Balaban J connectivity index is 2.10. The predicted octanol–water partition coefficient (Wildman–Crippen LogP) is 17.4. The molecular formula is C68H125NO8. The Bertz CT molecular complexity index is 1400. The summed E-state index contributed by atoms with van der Waals surface area (Å²) in [5, 5.41) is 54.5. The van der Waals surface area contributed by atoms with Crippen molar-refractivity contribution < 1.29 is 39.8 Å². The number of amides is 1. The van der Waals surface area contributed by atoms with E-state index in [1.165, 1.54) is 231 Å². The summed E-state index contributed by atoms with van der Waals surface area (Å²) in [6.07, 6.45) is 71.9. The van der Waals surface area contributed by atoms with Crippen molar-refractivity contribution in [2.45, 2.75) is 352 Å². The van der Waals surface area contributed by atoms with Crippen LogP contribution in [-0.4, -0.2) is 87.5 Å². The third-order valence-corrected chi connectivity index (χ3v) is 15.5. The second-order valence-corrected chi connectivity index (χ2v) is 22.9. The Morgan fingerprint density at radius 1 is 0.442 bits per heavy atom. The predicted molar refractivity (Wildman–Crippen MR) is 327 cm³/mol. The van der Waals surface area contributed by atoms with Crippen LogP contribution in [0.15, 0.2) is 60.8 Å². The van der Waals surface area contributed by atoms with Gasteiger partial charge in [-0.15, -0.1) is 0 Å². The Labute approximate surface area is 475 Å². The lowest BCUT2D eigenvalue weighted by Crippen LogP contribution is -2.60. The molecule has 450 valence electrons. The van der Waals surface area contributed by atoms with Crippen LogP contribution in [0.4, 0.5) is 0 Å². The third-order valence-electron chi connectivity index (χ3n) is 15.5. The van der Waals surface area contributed by atoms with Gasteiger partial charge in [0.1, 0.15) is 24.4 Å². The average Bonchev–Trinajstić information content (AvgIpc) is 3.43. The lowest BCUT2D eigenvalue weighted by atomic mass is 9.99. The Morgan fingerprint density at radius 3 is 1.17 bits per heavy atom. The zero-order valence-corrected chi connectivity index (χ0v) is 50.2. The number of hydrogen-bond donors (Lipinski definition) is 6. The number of aliphatic hydroxyl groups is 5. The van der Waals surface area contributed by atoms with Gasteiger partial charge in [0.25, 0.3) is 0 Å². The summed E-state index contributed by atoms with van der Waals surface area (Å²) in [6, 6.07) is -0.830. The summed E-state index contributed by atoms with van der Waals surface area (Å²) in [4.78, 5) is 13.1. The van der Waals surface area contributed by atoms with Crippen molar-refractivity contribution in [1.29, 1.82) is 0 Å². The van der Waals surface area contributed by atoms with E-state index in [-0.39, 0.29) is 12.5 Å². The number of nitrogens with one attached hydrogen (secondary N) is 1. The maximum Gasteiger partial charge on any atom is 0.220 e. The first-order valence-electron chi connectivity index (χ1n) is 33.0. The first-order chi connectivity index (χ1) is 37.8. The topological polar surface area (TPSA) is 149 Å². The van der Waals surface area contributed by atoms with Crippen LogP contribution in [0.2, 0.25) is 0 Å². The monoisotopic (exact) mass is 1080 g/mol. The highest BCUT2D eigenvalue weighted by Gasteiger charge is 2.44. The first-order valence-corrected chi connectivity index (χ1v) is 33.0. The molecule has 0 bridgehead atoms. The zero-order chi connectivity index (χ0) is 55.8. The normalized spacial score (nSPS) is 19.1. The molecule has 1 rings (SSSR count). The van der Waals surface area contributed by atoms with Crippen molar-refractivity contribution in [2.75, 3.05) is 13.2 Å². The number of hydrogen-bond acceptors (Lipinski definition) is 8. The van der Waals surface area contributed by atoms with Gasteiger partial charge in [0.15, 0.2) is 6.29 Å². The van der Waals surface area contributed by atoms with Gasteiger partial charge < -0.3 is 40.3 Å². The smallest absolute Gasteiger partial charge is 0.220 e. The summed E-state index contributed by atoms with van der Waals surface area (Å²) in [7, 11) is 0. The fourth-order valence-electron chi connectivity index (χ4n) is 10.3. The molecule has 0 aromatic carbocycles. The highest BCUT2D eigenvalue weighted by molar-refractivity contribution is 5.76. The molecule has 6 N–H and O–H groups in total. The minimum Gasteiger partial charge on any atom is -0.394 e. The van der Waals surface area contributed by atoms with Gasteiger partial charge in [0, 0.05) is 6.42 Å². The molecule has 0 saturated carbocycles. The molecule has 0 aromatic heterocycles. The molecule has 9 heteroatoms. The van der Waals surface area contributed by atoms with Gasteiger partial charge in [-0.3, -0.25) is 4.79 Å². The highest BCUT2D eigenvalue weighted by atomic mass is 16.7. The van der Waals surface area contributed by atoms with Gasteiger partial charge >= 0.3 is 0 Å². The number of unbranched alkanes of at least 4 members (excludes halogenated alkanes) is 39. The van der Waals surface area contributed by atoms with E-state index in [1.54, 1.807) is 6.08 Å². The number of allylic oxidation sites excluding steroid dienone is 9. The van der Waals surface area contributed by atoms with Crippen molar-refractivity contribution in [3.05, 3.63) is 60.8 Å². The van der Waals surface area contributed by atoms with Crippen molar-refractivity contribution in [3.8, 4) is 0 Å². The van der Waals surface area contributed by atoms with E-state index in [0.717, 1.165) is 57.8 Å². The number of carbonyl (C=O) groups is 1. The molecular weight excluding hydrogens is 959 g/mol. The Hall–Kier alpha value is -2.11. The minimum atomic E-state index is -1.58. The van der Waals surface area contributed by atoms with Crippen LogP contribution in [0.25, 0.3) is 0 Å². The molecule has 9 nitrogen and oxygen atoms in total. The maximum absolute atomic E-state index is 13.1. The van der Waals surface area contributed by atoms with Crippen molar-refractivity contribution in [1.82, 2.24) is 5.32 Å². The second-order valence-electron chi connectivity index (χ2n) is 22.9. The number of rotatable bonds is 57. The molecule has 1 aliphatic heterocycles. The molecule has 1 fully saturated rings. The summed E-state index contributed by atoms with van der Waals surface area (Å²) >= 11 is 0. The molecule has 1 heterocycles. The van der Waals surface area contributed by atoms with Gasteiger partial charge in [0.05, 0.1) is 25.4 Å². The SMILES string of the molecule is CCCCCCCCC/C=C/CC/C=C/CC/C=C/C(O)C(COC1OC(CO)C(O)C(O)C1O)NC(=O)CCCCCCCCCCCCCCCCCCC/C=C\C/C=C\CCCCCCCCCCCCCCC. The average molecular weight is 1080 g/mol. The highest BCUT2D eigenvalue weighted by Crippen LogP contribution is 2.23. The zero-order valence-electron chi connectivity index (χ0n) is 50.2. The first kappa shape index (κ1) is 72.9. The molecule has 0 radical (unpaired) electrons. The van der Waals surface area contributed by atoms with Crippen molar-refractivity contribution in [3.63, 3.8) is 0 Å². The van der Waals surface area contributed by atoms with Gasteiger partial charge in [-0.25, -0.2) is 0 Å². The lowest BCUT2D eigenvalue weighted by molar-refractivity contribution is -0.302. The third kappa shape index (κ3) is 46.2. The summed E-state index contributed by atoms with van der Waals surface area (Å²) in [5.74, 6) is -0.189. The molecule has 77 heavy (non-hydrogen) atoms. The van der Waals surface area contributed by atoms with Crippen LogP contribution in [-0.2, 0) is 14.3 Å². The fraction of sp³-hybridized carbons (Fsp3) is 0.838. The van der Waals surface area contributed by atoms with Crippen LogP contribution in [0, 0.1) is 0 Å². The van der Waals surface area contributed by atoms with Crippen LogP contribution >= 0.6 is 0 Å². The quantitative estimate of drug-likeness (QED) is 0.0261. The van der Waals surface area contributed by atoms with Crippen molar-refractivity contribution >= 4 is 5.91 Å². The van der Waals surface area contributed by atoms with Crippen LogP contribution in [0.3, 0.4) is 0 Å². The van der Waals surface area contributed by atoms with Crippen LogP contribution in [0.1, 0.15) is 309 Å². The molecule has 0 spiro atoms. The largest absolute Gasteiger partial charge is 0.394 e. The molecule has 7 atom stereocenters. The van der Waals surface area contributed by atoms with Gasteiger partial charge in [-0.1, -0.05) is 286 Å². The van der Waals surface area contributed by atoms with E-state index in [1.807, 2.05) is 6.08 Å². The Morgan fingerprint density at radius 2 is 0.779 bits per heavy atom. The summed E-state index contributed by atoms with van der Waals surface area (Å²) in [6.45, 7) is 3.78. The number of carbonyl (C=O) groups excluding carboxylic acids is 1. The van der Waals surface area contributed by atoms with Crippen LogP contribution < -0.4 is 5.32 Å². The second kappa shape index (κ2) is 57.1. The maximum atomic E-state index is 13.1. The fourth-order valence-corrected chi connectivity index (χ4v) is 10.3. The lowest BCUT2D eigenvalue weighted by Gasteiger charge is -2.40. The van der Waals surface area contributed by atoms with E-state index in [9.17, 15) is 30.3 Å². The minimum absolute atomic E-state index is 0.189. The summed E-state index contributed by atoms with van der Waals surface area (Å²) < 4.78 is 11.3. The number of ether oxygens (including phenoxy) is 2. The molecule has 1 aliphatic rings. The Kier molecular flexibility index (Phi) is 54.1. The number of aliphatic hydroxyl groups excluding tert-OH is 5. The summed E-state index contributed by atoms with van der Waals surface area (Å²) in [5.41, 5.74) is 0. The molecule has 1 amide bonds. The van der Waals surface area contributed by atoms with Gasteiger partial charge in [-0.2, -0.15) is 0 Å². The van der Waals surface area contributed by atoms with Gasteiger partial charge in [0.2, 0.25) is 5.91 Å². The van der Waals surface area contributed by atoms with Crippen LogP contribution in [0.5, 0.6) is 0 Å². The van der Waals surface area contributed by atoms with E-state index in [4.69, 9.17) is 9.47 Å². The standard InChI is InChI=1S/C68H125NO8/c1-3-5-7-9-11-13-15-17-19-21-22-23-24-25-26-27-28-29-30-31-32-33-34-35-36-37-38-39-40-42-44-46-48-50-52-54-56-58-64(72)69-61(60-76-68-67(75)66(74)65(73)63(59-70)77-68)62(71)57-55-53-51-49-47-45-43-41-20-18-16-14-12-10-8-6-4-2/h20,26-27,29-30,41,47,49,55,57,61-63,65-68,70-71,73-75H,3-19,21-25,28,31-40,42-46,48,50-54,56,58-60H2,1-2H3,(H,69,72)/b27-26-,30-29-,41-20+,49-47+,57-55+. The molecule has 7 unspecified atom stereocenters.